The number of fused-ring (bicyclic) bond motifs is 10. The van der Waals surface area contributed by atoms with Crippen molar-refractivity contribution >= 4 is 85.9 Å². The van der Waals surface area contributed by atoms with E-state index in [4.69, 9.17) is 9.97 Å². The molecule has 10 aromatic rings. The summed E-state index contributed by atoms with van der Waals surface area (Å²) in [5.74, 6) is 0.845. The van der Waals surface area contributed by atoms with Gasteiger partial charge in [-0.2, -0.15) is 0 Å². The van der Waals surface area contributed by atoms with Crippen molar-refractivity contribution in [2.24, 2.45) is 0 Å². The Morgan fingerprint density at radius 1 is 0.455 bits per heavy atom. The quantitative estimate of drug-likeness (QED) is 0.205. The van der Waals surface area contributed by atoms with Crippen molar-refractivity contribution in [1.29, 1.82) is 0 Å². The molecule has 0 aliphatic heterocycles. The molecular weight excluding hydrogens is 555 g/mol. The Hall–Kier alpha value is -5.58. The van der Waals surface area contributed by atoms with Gasteiger partial charge in [-0.05, 0) is 51.9 Å². The molecule has 0 aliphatic carbocycles. The molecular formula is C40H23N3S. The van der Waals surface area contributed by atoms with Crippen LogP contribution < -0.4 is 0 Å². The highest BCUT2D eigenvalue weighted by molar-refractivity contribution is 7.26. The van der Waals surface area contributed by atoms with Gasteiger partial charge in [-0.3, -0.25) is 4.57 Å². The number of hydrogen-bond donors (Lipinski definition) is 0. The first-order chi connectivity index (χ1) is 21.8. The standard InChI is InChI=1S/C40H23N3S/c1-3-13-26-24(10-1)12-9-16-29(26)38-40(42-34-18-7-6-17-33(34)41-38)43-35-19-8-5-15-28(35)31-22-32-30-21-20-25-11-2-4-14-27(25)39(30)44-37(32)23-36(31)43/h1-23H. The number of thiophene rings is 1. The van der Waals surface area contributed by atoms with Gasteiger partial charge in [0.25, 0.3) is 0 Å². The normalized spacial score (nSPS) is 12.1. The molecule has 0 radical (unpaired) electrons. The fraction of sp³-hybridized carbons (Fsp3) is 0. The van der Waals surface area contributed by atoms with Gasteiger partial charge in [-0.25, -0.2) is 9.97 Å². The molecule has 3 aromatic heterocycles. The lowest BCUT2D eigenvalue weighted by molar-refractivity contribution is 1.08. The van der Waals surface area contributed by atoms with Crippen molar-refractivity contribution in [1.82, 2.24) is 14.5 Å². The largest absolute Gasteiger partial charge is 0.292 e. The molecule has 204 valence electrons. The third-order valence-electron chi connectivity index (χ3n) is 8.96. The molecule has 0 atom stereocenters. The number of hydrogen-bond acceptors (Lipinski definition) is 3. The summed E-state index contributed by atoms with van der Waals surface area (Å²) in [5, 5.41) is 9.98. The third kappa shape index (κ3) is 3.31. The van der Waals surface area contributed by atoms with E-state index in [0.717, 1.165) is 39.1 Å². The lowest BCUT2D eigenvalue weighted by atomic mass is 10.0. The van der Waals surface area contributed by atoms with E-state index in [1.165, 1.54) is 52.5 Å². The Kier molecular flexibility index (Phi) is 4.87. The summed E-state index contributed by atoms with van der Waals surface area (Å²) < 4.78 is 4.94. The Labute approximate surface area is 256 Å². The van der Waals surface area contributed by atoms with Gasteiger partial charge < -0.3 is 0 Å². The second kappa shape index (κ2) is 8.96. The van der Waals surface area contributed by atoms with Crippen molar-refractivity contribution in [3.8, 4) is 17.1 Å². The first kappa shape index (κ1) is 23.9. The fourth-order valence-corrected chi connectivity index (χ4v) is 8.21. The van der Waals surface area contributed by atoms with Crippen LogP contribution in [0, 0.1) is 0 Å². The molecule has 0 bridgehead atoms. The molecule has 3 heterocycles. The first-order valence-electron chi connectivity index (χ1n) is 14.8. The van der Waals surface area contributed by atoms with Crippen LogP contribution in [0.5, 0.6) is 0 Å². The molecule has 10 rings (SSSR count). The lowest BCUT2D eigenvalue weighted by Gasteiger charge is -2.15. The maximum absolute atomic E-state index is 5.37. The molecule has 0 amide bonds. The van der Waals surface area contributed by atoms with Crippen molar-refractivity contribution in [2.75, 3.05) is 0 Å². The highest BCUT2D eigenvalue weighted by Crippen LogP contribution is 2.44. The molecule has 0 fully saturated rings. The molecule has 7 aromatic carbocycles. The van der Waals surface area contributed by atoms with Crippen LogP contribution in [0.1, 0.15) is 0 Å². The second-order valence-corrected chi connectivity index (χ2v) is 12.4. The zero-order valence-electron chi connectivity index (χ0n) is 23.5. The number of aromatic nitrogens is 3. The molecule has 0 saturated carbocycles. The molecule has 0 spiro atoms. The van der Waals surface area contributed by atoms with Gasteiger partial charge in [0.2, 0.25) is 0 Å². The summed E-state index contributed by atoms with van der Waals surface area (Å²) >= 11 is 1.88. The van der Waals surface area contributed by atoms with Gasteiger partial charge in [-0.1, -0.05) is 109 Å². The monoisotopic (exact) mass is 577 g/mol. The summed E-state index contributed by atoms with van der Waals surface area (Å²) in [6.45, 7) is 0. The zero-order valence-corrected chi connectivity index (χ0v) is 24.3. The van der Waals surface area contributed by atoms with E-state index in [0.29, 0.717) is 0 Å². The third-order valence-corrected chi connectivity index (χ3v) is 10.2. The predicted molar refractivity (Wildman–Crippen MR) is 187 cm³/mol. The average Bonchev–Trinajstić information content (AvgIpc) is 3.61. The Morgan fingerprint density at radius 3 is 2.00 bits per heavy atom. The van der Waals surface area contributed by atoms with Gasteiger partial charge in [0.15, 0.2) is 5.82 Å². The van der Waals surface area contributed by atoms with Crippen LogP contribution in [0.3, 0.4) is 0 Å². The summed E-state index contributed by atoms with van der Waals surface area (Å²) in [5.41, 5.74) is 5.99. The van der Waals surface area contributed by atoms with E-state index in [-0.39, 0.29) is 0 Å². The highest BCUT2D eigenvalue weighted by Gasteiger charge is 2.21. The van der Waals surface area contributed by atoms with Gasteiger partial charge in [-0.15, -0.1) is 11.3 Å². The number of nitrogens with zero attached hydrogens (tertiary/aromatic N) is 3. The first-order valence-corrected chi connectivity index (χ1v) is 15.7. The van der Waals surface area contributed by atoms with Crippen molar-refractivity contribution in [3.05, 3.63) is 140 Å². The minimum absolute atomic E-state index is 0.845. The van der Waals surface area contributed by atoms with E-state index in [1.807, 2.05) is 23.5 Å². The minimum atomic E-state index is 0.845. The Bertz CT molecular complexity index is 2780. The summed E-state index contributed by atoms with van der Waals surface area (Å²) in [7, 11) is 0. The van der Waals surface area contributed by atoms with Gasteiger partial charge in [0.1, 0.15) is 5.69 Å². The van der Waals surface area contributed by atoms with E-state index < -0.39 is 0 Å². The molecule has 4 heteroatoms. The van der Waals surface area contributed by atoms with Crippen LogP contribution in [-0.4, -0.2) is 14.5 Å². The van der Waals surface area contributed by atoms with Crippen LogP contribution in [0.2, 0.25) is 0 Å². The smallest absolute Gasteiger partial charge is 0.165 e. The Morgan fingerprint density at radius 2 is 1.14 bits per heavy atom. The zero-order chi connectivity index (χ0) is 28.8. The van der Waals surface area contributed by atoms with Crippen molar-refractivity contribution < 1.29 is 0 Å². The van der Waals surface area contributed by atoms with Crippen LogP contribution in [-0.2, 0) is 0 Å². The fourth-order valence-electron chi connectivity index (χ4n) is 6.95. The highest BCUT2D eigenvalue weighted by atomic mass is 32.1. The van der Waals surface area contributed by atoms with Crippen LogP contribution in [0.25, 0.3) is 91.6 Å². The van der Waals surface area contributed by atoms with E-state index in [2.05, 4.69) is 132 Å². The van der Waals surface area contributed by atoms with Crippen LogP contribution in [0.15, 0.2) is 140 Å². The number of benzene rings is 7. The predicted octanol–water partition coefficient (Wildman–Crippen LogP) is 11.1. The summed E-state index contributed by atoms with van der Waals surface area (Å²) in [6, 6.07) is 49.8. The minimum Gasteiger partial charge on any atom is -0.292 e. The molecule has 44 heavy (non-hydrogen) atoms. The van der Waals surface area contributed by atoms with Crippen molar-refractivity contribution in [3.63, 3.8) is 0 Å². The number of para-hydroxylation sites is 3. The topological polar surface area (TPSA) is 30.7 Å². The van der Waals surface area contributed by atoms with E-state index >= 15 is 0 Å². The summed E-state index contributed by atoms with van der Waals surface area (Å²) in [4.78, 5) is 10.7. The summed E-state index contributed by atoms with van der Waals surface area (Å²) in [6.07, 6.45) is 0. The van der Waals surface area contributed by atoms with Gasteiger partial charge in [0, 0.05) is 36.5 Å². The maximum atomic E-state index is 5.37. The second-order valence-electron chi connectivity index (χ2n) is 11.4. The SMILES string of the molecule is c1ccc2c(-c3nc4ccccc4nc3-n3c4ccccc4c4cc5c(cc43)sc3c4ccccc4ccc53)cccc2c1. The number of rotatable bonds is 2. The average molecular weight is 578 g/mol. The molecule has 0 N–H and O–H groups in total. The van der Waals surface area contributed by atoms with E-state index in [9.17, 15) is 0 Å². The maximum Gasteiger partial charge on any atom is 0.165 e. The van der Waals surface area contributed by atoms with Crippen LogP contribution >= 0.6 is 11.3 Å². The molecule has 3 nitrogen and oxygen atoms in total. The Balaban J connectivity index is 1.37. The molecule has 0 aliphatic rings. The van der Waals surface area contributed by atoms with E-state index in [1.54, 1.807) is 0 Å². The van der Waals surface area contributed by atoms with Gasteiger partial charge in [0.05, 0.1) is 22.1 Å². The van der Waals surface area contributed by atoms with Crippen molar-refractivity contribution in [2.45, 2.75) is 0 Å². The lowest BCUT2D eigenvalue weighted by Crippen LogP contribution is -2.04. The molecule has 0 unspecified atom stereocenters. The van der Waals surface area contributed by atoms with Crippen LogP contribution in [0.4, 0.5) is 0 Å². The molecule has 0 saturated heterocycles. The van der Waals surface area contributed by atoms with Gasteiger partial charge >= 0.3 is 0 Å².